The van der Waals surface area contributed by atoms with E-state index in [2.05, 4.69) is 32.3 Å². The zero-order chi connectivity index (χ0) is 18.9. The van der Waals surface area contributed by atoms with Crippen LogP contribution in [0.25, 0.3) is 0 Å². The Kier molecular flexibility index (Phi) is 8.44. The van der Waals surface area contributed by atoms with Gasteiger partial charge in [0.1, 0.15) is 0 Å². The number of carbonyl (C=O) groups excluding carboxylic acids is 1. The first-order chi connectivity index (χ1) is 11.7. The Morgan fingerprint density at radius 2 is 2.04 bits per heavy atom. The molecule has 0 aliphatic heterocycles. The summed E-state index contributed by atoms with van der Waals surface area (Å²) in [5.41, 5.74) is 0.355. The molecule has 1 rings (SSSR count). The van der Waals surface area contributed by atoms with Crippen molar-refractivity contribution in [1.82, 2.24) is 20.6 Å². The second kappa shape index (κ2) is 10.0. The van der Waals surface area contributed by atoms with Crippen molar-refractivity contribution in [2.75, 3.05) is 0 Å². The molecule has 9 heteroatoms. The van der Waals surface area contributed by atoms with E-state index in [1.807, 2.05) is 6.92 Å². The maximum atomic E-state index is 12.5. The Morgan fingerprint density at radius 1 is 1.32 bits per heavy atom. The number of nitrogens with one attached hydrogen (secondary N) is 2. The number of nitrogens with zero attached hydrogens (tertiary/aromatic N) is 2. The van der Waals surface area contributed by atoms with E-state index < -0.39 is 12.3 Å². The van der Waals surface area contributed by atoms with Crippen LogP contribution in [-0.2, 0) is 6.54 Å². The first-order valence-electron chi connectivity index (χ1n) is 8.32. The van der Waals surface area contributed by atoms with E-state index in [4.69, 9.17) is 0 Å². The summed E-state index contributed by atoms with van der Waals surface area (Å²) in [4.78, 5) is 19.3. The Bertz CT molecular complexity index is 540. The first kappa shape index (κ1) is 21.0. The van der Waals surface area contributed by atoms with E-state index >= 15 is 0 Å². The third-order valence-corrected chi connectivity index (χ3v) is 3.48. The molecule has 2 N–H and O–H groups in total. The predicted octanol–water partition coefficient (Wildman–Crippen LogP) is 3.57. The van der Waals surface area contributed by atoms with Crippen LogP contribution in [0.2, 0.25) is 0 Å². The average molecular weight is 362 g/mol. The quantitative estimate of drug-likeness (QED) is 0.659. The van der Waals surface area contributed by atoms with Crippen LogP contribution in [0.3, 0.4) is 0 Å². The van der Waals surface area contributed by atoms with Gasteiger partial charge in [0.05, 0.1) is 12.2 Å². The number of halogens is 3. The fourth-order valence-corrected chi connectivity index (χ4v) is 1.97. The molecule has 1 aromatic rings. The first-order valence-corrected chi connectivity index (χ1v) is 8.32. The highest BCUT2D eigenvalue weighted by molar-refractivity contribution is 5.74. The summed E-state index contributed by atoms with van der Waals surface area (Å²) in [5, 5.41) is 5.42. The van der Waals surface area contributed by atoms with E-state index in [9.17, 15) is 18.0 Å². The third kappa shape index (κ3) is 8.55. The number of carbonyl (C=O) groups is 1. The normalized spacial score (nSPS) is 13.8. The summed E-state index contributed by atoms with van der Waals surface area (Å²) < 4.78 is 42.1. The van der Waals surface area contributed by atoms with Crippen LogP contribution in [0.5, 0.6) is 6.01 Å². The molecule has 0 aliphatic carbocycles. The smallest absolute Gasteiger partial charge is 0.425 e. The van der Waals surface area contributed by atoms with E-state index in [1.165, 1.54) is 12.3 Å². The van der Waals surface area contributed by atoms with Gasteiger partial charge in [-0.1, -0.05) is 26.2 Å². The highest BCUT2D eigenvalue weighted by Crippen LogP contribution is 2.23. The minimum atomic E-state index is -4.49. The Morgan fingerprint density at radius 3 is 2.68 bits per heavy atom. The van der Waals surface area contributed by atoms with Gasteiger partial charge in [-0.05, 0) is 26.3 Å². The molecule has 142 valence electrons. The van der Waals surface area contributed by atoms with Crippen molar-refractivity contribution in [2.45, 2.75) is 71.3 Å². The summed E-state index contributed by atoms with van der Waals surface area (Å²) in [6.07, 6.45) is -1.05. The number of urea groups is 1. The third-order valence-electron chi connectivity index (χ3n) is 3.48. The van der Waals surface area contributed by atoms with E-state index in [1.54, 1.807) is 0 Å². The van der Waals surface area contributed by atoms with E-state index in [0.29, 0.717) is 5.69 Å². The van der Waals surface area contributed by atoms with Gasteiger partial charge in [0.2, 0.25) is 0 Å². The zero-order valence-electron chi connectivity index (χ0n) is 14.7. The monoisotopic (exact) mass is 362 g/mol. The minimum Gasteiger partial charge on any atom is -0.451 e. The van der Waals surface area contributed by atoms with E-state index in [-0.39, 0.29) is 24.6 Å². The molecule has 0 saturated carbocycles. The number of ether oxygens (including phenoxy) is 1. The molecule has 2 atom stereocenters. The summed E-state index contributed by atoms with van der Waals surface area (Å²) in [6.45, 7) is 4.97. The van der Waals surface area contributed by atoms with Gasteiger partial charge in [-0.3, -0.25) is 0 Å². The minimum absolute atomic E-state index is 0.0449. The average Bonchev–Trinajstić information content (AvgIpc) is 2.52. The van der Waals surface area contributed by atoms with Crippen molar-refractivity contribution in [1.29, 1.82) is 0 Å². The number of aromatic nitrogens is 2. The van der Waals surface area contributed by atoms with Crippen molar-refractivity contribution in [2.24, 2.45) is 0 Å². The summed E-state index contributed by atoms with van der Waals surface area (Å²) in [5.74, 6) is 0. The van der Waals surface area contributed by atoms with Crippen molar-refractivity contribution in [3.63, 3.8) is 0 Å². The number of hydrogen-bond donors (Lipinski definition) is 2. The van der Waals surface area contributed by atoms with Gasteiger partial charge in [0, 0.05) is 12.2 Å². The Balaban J connectivity index is 2.44. The lowest BCUT2D eigenvalue weighted by Gasteiger charge is -2.16. The van der Waals surface area contributed by atoms with Gasteiger partial charge in [0.15, 0.2) is 6.10 Å². The number of alkyl halides is 3. The lowest BCUT2D eigenvalue weighted by atomic mass is 10.1. The number of hydrogen-bond acceptors (Lipinski definition) is 4. The van der Waals surface area contributed by atoms with Crippen molar-refractivity contribution in [3.05, 3.63) is 18.0 Å². The largest absolute Gasteiger partial charge is 0.451 e. The fourth-order valence-electron chi connectivity index (χ4n) is 1.97. The van der Waals surface area contributed by atoms with Gasteiger partial charge in [-0.25, -0.2) is 9.78 Å². The summed E-state index contributed by atoms with van der Waals surface area (Å²) >= 11 is 0. The highest BCUT2D eigenvalue weighted by atomic mass is 19.4. The lowest BCUT2D eigenvalue weighted by Crippen LogP contribution is -2.40. The summed E-state index contributed by atoms with van der Waals surface area (Å²) in [7, 11) is 0. The van der Waals surface area contributed by atoms with Gasteiger partial charge in [-0.2, -0.15) is 18.2 Å². The molecule has 1 aromatic heterocycles. The van der Waals surface area contributed by atoms with Crippen molar-refractivity contribution < 1.29 is 22.7 Å². The second-order valence-electron chi connectivity index (χ2n) is 5.86. The van der Waals surface area contributed by atoms with Crippen LogP contribution >= 0.6 is 0 Å². The topological polar surface area (TPSA) is 76.1 Å². The Hall–Kier alpha value is -2.06. The molecule has 0 radical (unpaired) electrons. The molecule has 0 aromatic carbocycles. The standard InChI is InChI=1S/C16H25F3N4O2/c1-4-5-6-7-11(2)22-14(24)21-10-13-8-9-20-15(23-13)25-12(3)16(17,18)19/h8-9,11-12H,4-7,10H2,1-3H3,(H2,21,22,24)/t11?,12-/m1/s1. The number of rotatable bonds is 9. The van der Waals surface area contributed by atoms with Crippen molar-refractivity contribution >= 4 is 6.03 Å². The molecule has 0 saturated heterocycles. The van der Waals surface area contributed by atoms with Gasteiger partial charge >= 0.3 is 18.2 Å². The molecule has 1 heterocycles. The Labute approximate surface area is 145 Å². The SMILES string of the molecule is CCCCCC(C)NC(=O)NCc1ccnc(O[C@H](C)C(F)(F)F)n1. The van der Waals surface area contributed by atoms with Crippen LogP contribution in [-0.4, -0.2) is 34.3 Å². The molecule has 25 heavy (non-hydrogen) atoms. The van der Waals surface area contributed by atoms with Gasteiger partial charge in [-0.15, -0.1) is 0 Å². The van der Waals surface area contributed by atoms with Crippen LogP contribution in [0.15, 0.2) is 12.3 Å². The maximum Gasteiger partial charge on any atom is 0.425 e. The molecular weight excluding hydrogens is 337 g/mol. The summed E-state index contributed by atoms with van der Waals surface area (Å²) in [6, 6.07) is 0.811. The molecule has 0 bridgehead atoms. The molecule has 1 unspecified atom stereocenters. The zero-order valence-corrected chi connectivity index (χ0v) is 14.7. The molecule has 2 amide bonds. The molecule has 0 spiro atoms. The van der Waals surface area contributed by atoms with Crippen LogP contribution in [0.4, 0.5) is 18.0 Å². The van der Waals surface area contributed by atoms with Crippen LogP contribution in [0, 0.1) is 0 Å². The van der Waals surface area contributed by atoms with Crippen LogP contribution < -0.4 is 15.4 Å². The predicted molar refractivity (Wildman–Crippen MR) is 87.2 cm³/mol. The second-order valence-corrected chi connectivity index (χ2v) is 5.86. The highest BCUT2D eigenvalue weighted by Gasteiger charge is 2.38. The molecule has 0 fully saturated rings. The van der Waals surface area contributed by atoms with Gasteiger partial charge in [0.25, 0.3) is 0 Å². The van der Waals surface area contributed by atoms with Crippen LogP contribution in [0.1, 0.15) is 52.1 Å². The van der Waals surface area contributed by atoms with E-state index in [0.717, 1.165) is 32.6 Å². The maximum absolute atomic E-state index is 12.5. The lowest BCUT2D eigenvalue weighted by molar-refractivity contribution is -0.190. The molecule has 6 nitrogen and oxygen atoms in total. The van der Waals surface area contributed by atoms with Crippen molar-refractivity contribution in [3.8, 4) is 6.01 Å². The fraction of sp³-hybridized carbons (Fsp3) is 0.688. The van der Waals surface area contributed by atoms with Gasteiger partial charge < -0.3 is 15.4 Å². The molecule has 0 aliphatic rings. The number of amides is 2. The number of unbranched alkanes of at least 4 members (excludes halogenated alkanes) is 2. The molecular formula is C16H25F3N4O2.